The van der Waals surface area contributed by atoms with Gasteiger partial charge in [0, 0.05) is 5.69 Å². The fourth-order valence-corrected chi connectivity index (χ4v) is 1.19. The Morgan fingerprint density at radius 2 is 2.25 bits per heavy atom. The number of carbonyl (C=O) groups is 1. The molecule has 1 amide bonds. The lowest BCUT2D eigenvalue weighted by molar-refractivity contribution is 0.131. The maximum atomic E-state index is 11.2. The van der Waals surface area contributed by atoms with E-state index in [1.165, 1.54) is 0 Å². The first-order valence-corrected chi connectivity index (χ1v) is 4.86. The average Bonchev–Trinajstić information content (AvgIpc) is 2.29. The maximum Gasteiger partial charge on any atom is 0.411 e. The van der Waals surface area contributed by atoms with Gasteiger partial charge in [-0.05, 0) is 30.7 Å². The van der Waals surface area contributed by atoms with Gasteiger partial charge in [0.1, 0.15) is 12.4 Å². The zero-order chi connectivity index (χ0) is 12.0. The molecule has 1 rings (SSSR count). The van der Waals surface area contributed by atoms with Crippen LogP contribution in [-0.4, -0.2) is 31.5 Å². The molecule has 0 spiro atoms. The van der Waals surface area contributed by atoms with Crippen molar-refractivity contribution in [3.63, 3.8) is 0 Å². The van der Waals surface area contributed by atoms with Crippen molar-refractivity contribution in [1.29, 1.82) is 0 Å². The summed E-state index contributed by atoms with van der Waals surface area (Å²) in [4.78, 5) is 11.2. The Balaban J connectivity index is 2.63. The molecule has 2 N–H and O–H groups in total. The number of amides is 1. The molecule has 0 unspecified atom stereocenters. The van der Waals surface area contributed by atoms with Crippen LogP contribution in [0.1, 0.15) is 5.56 Å². The normalized spacial score (nSPS) is 9.69. The second-order valence-corrected chi connectivity index (χ2v) is 3.17. The minimum atomic E-state index is -0.581. The molecule has 0 atom stereocenters. The molecule has 0 bridgehead atoms. The number of aliphatic hydroxyl groups is 1. The molecule has 0 fully saturated rings. The zero-order valence-corrected chi connectivity index (χ0v) is 9.32. The first-order chi connectivity index (χ1) is 7.67. The van der Waals surface area contributed by atoms with Gasteiger partial charge in [0.2, 0.25) is 0 Å². The van der Waals surface area contributed by atoms with E-state index >= 15 is 0 Å². The number of methoxy groups -OCH3 is 1. The van der Waals surface area contributed by atoms with Gasteiger partial charge in [-0.15, -0.1) is 0 Å². The molecule has 0 aliphatic rings. The van der Waals surface area contributed by atoms with Crippen LogP contribution in [0, 0.1) is 6.92 Å². The van der Waals surface area contributed by atoms with Gasteiger partial charge in [-0.25, -0.2) is 4.79 Å². The van der Waals surface area contributed by atoms with Crippen molar-refractivity contribution in [2.45, 2.75) is 6.92 Å². The molecule has 0 saturated heterocycles. The molecule has 0 heterocycles. The van der Waals surface area contributed by atoms with Gasteiger partial charge in [0.25, 0.3) is 0 Å². The highest BCUT2D eigenvalue weighted by Gasteiger charge is 2.05. The Hall–Kier alpha value is -1.75. The summed E-state index contributed by atoms with van der Waals surface area (Å²) in [5.74, 6) is 0.728. The molecule has 16 heavy (non-hydrogen) atoms. The third-order valence-corrected chi connectivity index (χ3v) is 1.99. The third-order valence-electron chi connectivity index (χ3n) is 1.99. The van der Waals surface area contributed by atoms with Gasteiger partial charge < -0.3 is 14.6 Å². The Morgan fingerprint density at radius 1 is 1.50 bits per heavy atom. The van der Waals surface area contributed by atoms with Crippen LogP contribution in [0.15, 0.2) is 18.2 Å². The van der Waals surface area contributed by atoms with Crippen LogP contribution in [0.4, 0.5) is 10.5 Å². The van der Waals surface area contributed by atoms with Crippen molar-refractivity contribution in [3.8, 4) is 5.75 Å². The Morgan fingerprint density at radius 3 is 2.81 bits per heavy atom. The van der Waals surface area contributed by atoms with Crippen LogP contribution in [0.2, 0.25) is 0 Å². The smallest absolute Gasteiger partial charge is 0.411 e. The quantitative estimate of drug-likeness (QED) is 0.815. The minimum absolute atomic E-state index is 0.0129. The largest absolute Gasteiger partial charge is 0.497 e. The van der Waals surface area contributed by atoms with Crippen molar-refractivity contribution in [3.05, 3.63) is 23.8 Å². The fourth-order valence-electron chi connectivity index (χ4n) is 1.19. The standard InChI is InChI=1S/C11H15NO4/c1-8-7-9(15-2)3-4-10(8)12-11(14)16-6-5-13/h3-4,7,13H,5-6H2,1-2H3,(H,12,14). The van der Waals surface area contributed by atoms with Crippen LogP contribution in [-0.2, 0) is 4.74 Å². The van der Waals surface area contributed by atoms with E-state index in [0.717, 1.165) is 11.3 Å². The Kier molecular flexibility index (Phi) is 4.60. The van der Waals surface area contributed by atoms with Crippen molar-refractivity contribution >= 4 is 11.8 Å². The van der Waals surface area contributed by atoms with E-state index in [1.54, 1.807) is 19.2 Å². The van der Waals surface area contributed by atoms with Crippen LogP contribution in [0.25, 0.3) is 0 Å². The number of aryl methyl sites for hydroxylation is 1. The lowest BCUT2D eigenvalue weighted by atomic mass is 10.2. The molecule has 1 aromatic rings. The number of hydrogen-bond acceptors (Lipinski definition) is 4. The zero-order valence-electron chi connectivity index (χ0n) is 9.32. The van der Waals surface area contributed by atoms with Gasteiger partial charge in [0.15, 0.2) is 0 Å². The lowest BCUT2D eigenvalue weighted by Gasteiger charge is -2.09. The van der Waals surface area contributed by atoms with Crippen LogP contribution < -0.4 is 10.1 Å². The topological polar surface area (TPSA) is 67.8 Å². The molecule has 0 aliphatic carbocycles. The minimum Gasteiger partial charge on any atom is -0.497 e. The first kappa shape index (κ1) is 12.3. The second-order valence-electron chi connectivity index (χ2n) is 3.17. The number of aliphatic hydroxyl groups excluding tert-OH is 1. The number of nitrogens with one attached hydrogen (secondary N) is 1. The summed E-state index contributed by atoms with van der Waals surface area (Å²) in [6, 6.07) is 5.28. The van der Waals surface area contributed by atoms with E-state index in [0.29, 0.717) is 5.69 Å². The number of carbonyl (C=O) groups excluding carboxylic acids is 1. The van der Waals surface area contributed by atoms with E-state index in [2.05, 4.69) is 10.1 Å². The summed E-state index contributed by atoms with van der Waals surface area (Å²) < 4.78 is 9.72. The third kappa shape index (κ3) is 3.43. The van der Waals surface area contributed by atoms with Gasteiger partial charge >= 0.3 is 6.09 Å². The number of rotatable bonds is 4. The van der Waals surface area contributed by atoms with Crippen molar-refractivity contribution < 1.29 is 19.4 Å². The van der Waals surface area contributed by atoms with Gasteiger partial charge in [-0.3, -0.25) is 5.32 Å². The molecule has 88 valence electrons. The number of anilines is 1. The Labute approximate surface area is 94.0 Å². The van der Waals surface area contributed by atoms with Crippen molar-refractivity contribution in [2.75, 3.05) is 25.6 Å². The predicted molar refractivity (Wildman–Crippen MR) is 59.8 cm³/mol. The highest BCUT2D eigenvalue weighted by molar-refractivity contribution is 5.85. The summed E-state index contributed by atoms with van der Waals surface area (Å²) in [7, 11) is 1.58. The SMILES string of the molecule is COc1ccc(NC(=O)OCCO)c(C)c1. The summed E-state index contributed by atoms with van der Waals surface area (Å²) in [6.45, 7) is 1.65. The van der Waals surface area contributed by atoms with Crippen molar-refractivity contribution in [1.82, 2.24) is 0 Å². The molecule has 0 aliphatic heterocycles. The van der Waals surface area contributed by atoms with Crippen LogP contribution in [0.5, 0.6) is 5.75 Å². The van der Waals surface area contributed by atoms with Crippen molar-refractivity contribution in [2.24, 2.45) is 0 Å². The van der Waals surface area contributed by atoms with E-state index in [1.807, 2.05) is 13.0 Å². The molecule has 0 aromatic heterocycles. The molecule has 5 heteroatoms. The van der Waals surface area contributed by atoms with Crippen LogP contribution >= 0.6 is 0 Å². The number of hydrogen-bond donors (Lipinski definition) is 2. The number of benzene rings is 1. The molecule has 1 aromatic carbocycles. The summed E-state index contributed by atoms with van der Waals surface area (Å²) >= 11 is 0. The lowest BCUT2D eigenvalue weighted by Crippen LogP contribution is -2.16. The summed E-state index contributed by atoms with van der Waals surface area (Å²) in [5, 5.41) is 11.1. The van der Waals surface area contributed by atoms with E-state index in [4.69, 9.17) is 9.84 Å². The summed E-state index contributed by atoms with van der Waals surface area (Å²) in [5.41, 5.74) is 1.53. The maximum absolute atomic E-state index is 11.2. The second kappa shape index (κ2) is 5.97. The van der Waals surface area contributed by atoms with Gasteiger partial charge in [-0.2, -0.15) is 0 Å². The molecular formula is C11H15NO4. The van der Waals surface area contributed by atoms with E-state index in [-0.39, 0.29) is 13.2 Å². The van der Waals surface area contributed by atoms with E-state index < -0.39 is 6.09 Å². The van der Waals surface area contributed by atoms with Gasteiger partial charge in [0.05, 0.1) is 13.7 Å². The molecule has 5 nitrogen and oxygen atoms in total. The molecular weight excluding hydrogens is 210 g/mol. The van der Waals surface area contributed by atoms with Crippen LogP contribution in [0.3, 0.4) is 0 Å². The monoisotopic (exact) mass is 225 g/mol. The van der Waals surface area contributed by atoms with E-state index in [9.17, 15) is 4.79 Å². The average molecular weight is 225 g/mol. The predicted octanol–water partition coefficient (Wildman–Crippen LogP) is 1.54. The number of ether oxygens (including phenoxy) is 2. The summed E-state index contributed by atoms with van der Waals surface area (Å²) in [6.07, 6.45) is -0.581. The highest BCUT2D eigenvalue weighted by atomic mass is 16.6. The molecule has 0 saturated carbocycles. The Bertz CT molecular complexity index is 365. The highest BCUT2D eigenvalue weighted by Crippen LogP contribution is 2.20. The first-order valence-electron chi connectivity index (χ1n) is 4.86. The molecule has 0 radical (unpaired) electrons. The van der Waals surface area contributed by atoms with Gasteiger partial charge in [-0.1, -0.05) is 0 Å². The fraction of sp³-hybridized carbons (Fsp3) is 0.364.